The van der Waals surface area contributed by atoms with Crippen LogP contribution in [0.2, 0.25) is 0 Å². The first-order chi connectivity index (χ1) is 4.63. The summed E-state index contributed by atoms with van der Waals surface area (Å²) in [6, 6.07) is 0. The first-order valence-electron chi connectivity index (χ1n) is 3.00. The van der Waals surface area contributed by atoms with E-state index in [0.29, 0.717) is 0 Å². The third-order valence-corrected chi connectivity index (χ3v) is 2.09. The molecular weight excluding hydrogens is 154 g/mol. The van der Waals surface area contributed by atoms with Crippen LogP contribution in [0.1, 0.15) is 12.8 Å². The van der Waals surface area contributed by atoms with Crippen molar-refractivity contribution in [1.29, 1.82) is 0 Å². The van der Waals surface area contributed by atoms with Gasteiger partial charge in [0, 0.05) is 24.2 Å². The van der Waals surface area contributed by atoms with E-state index in [1.54, 1.807) is 0 Å². The van der Waals surface area contributed by atoms with Crippen molar-refractivity contribution in [3.63, 3.8) is 0 Å². The van der Waals surface area contributed by atoms with Crippen LogP contribution >= 0.6 is 0 Å². The first kappa shape index (κ1) is 7.68. The molecular formula is C5H8NO3S-. The SMILES string of the molecule is CN(C(=O)C1CC1)S(=O)[O-]. The maximum absolute atomic E-state index is 10.9. The van der Waals surface area contributed by atoms with E-state index in [4.69, 9.17) is 0 Å². The fourth-order valence-corrected chi connectivity index (χ4v) is 0.957. The monoisotopic (exact) mass is 162 g/mol. The lowest BCUT2D eigenvalue weighted by atomic mass is 10.4. The second kappa shape index (κ2) is 2.67. The van der Waals surface area contributed by atoms with E-state index in [-0.39, 0.29) is 11.8 Å². The second-order valence-corrected chi connectivity index (χ2v) is 3.31. The predicted molar refractivity (Wildman–Crippen MR) is 34.4 cm³/mol. The van der Waals surface area contributed by atoms with Crippen molar-refractivity contribution < 1.29 is 13.6 Å². The summed E-state index contributed by atoms with van der Waals surface area (Å²) in [6.45, 7) is 0. The summed E-state index contributed by atoms with van der Waals surface area (Å²) >= 11 is -2.39. The van der Waals surface area contributed by atoms with E-state index in [2.05, 4.69) is 0 Å². The van der Waals surface area contributed by atoms with Crippen LogP contribution in [0.15, 0.2) is 0 Å². The zero-order valence-corrected chi connectivity index (χ0v) is 6.39. The number of carbonyl (C=O) groups excluding carboxylic acids is 1. The average Bonchev–Trinajstić information content (AvgIpc) is 2.65. The van der Waals surface area contributed by atoms with Crippen LogP contribution in [0.5, 0.6) is 0 Å². The van der Waals surface area contributed by atoms with Gasteiger partial charge in [-0.25, -0.2) is 0 Å². The summed E-state index contributed by atoms with van der Waals surface area (Å²) in [6.07, 6.45) is 1.67. The van der Waals surface area contributed by atoms with Gasteiger partial charge in [-0.2, -0.15) is 0 Å². The van der Waals surface area contributed by atoms with E-state index in [0.717, 1.165) is 17.1 Å². The number of hydrogen-bond donors (Lipinski definition) is 0. The van der Waals surface area contributed by atoms with E-state index in [1.165, 1.54) is 7.05 Å². The molecule has 0 heterocycles. The Morgan fingerprint density at radius 3 is 2.50 bits per heavy atom. The van der Waals surface area contributed by atoms with Gasteiger partial charge in [-0.1, -0.05) is 0 Å². The molecule has 0 aromatic carbocycles. The Balaban J connectivity index is 2.46. The van der Waals surface area contributed by atoms with Gasteiger partial charge >= 0.3 is 0 Å². The molecule has 1 unspecified atom stereocenters. The Kier molecular flexibility index (Phi) is 2.05. The molecule has 10 heavy (non-hydrogen) atoms. The Morgan fingerprint density at radius 2 is 2.20 bits per heavy atom. The molecule has 0 radical (unpaired) electrons. The molecule has 1 saturated carbocycles. The quantitative estimate of drug-likeness (QED) is 0.521. The highest BCUT2D eigenvalue weighted by Gasteiger charge is 2.32. The minimum Gasteiger partial charge on any atom is -0.755 e. The minimum absolute atomic E-state index is 0.0251. The van der Waals surface area contributed by atoms with E-state index >= 15 is 0 Å². The molecule has 0 aromatic rings. The van der Waals surface area contributed by atoms with Crippen molar-refractivity contribution in [3.05, 3.63) is 0 Å². The van der Waals surface area contributed by atoms with Gasteiger partial charge in [-0.05, 0) is 12.8 Å². The van der Waals surface area contributed by atoms with Gasteiger partial charge in [-0.15, -0.1) is 0 Å². The maximum atomic E-state index is 10.9. The molecule has 5 heteroatoms. The second-order valence-electron chi connectivity index (χ2n) is 2.33. The fourth-order valence-electron chi connectivity index (χ4n) is 0.661. The van der Waals surface area contributed by atoms with Crippen LogP contribution in [0, 0.1) is 5.92 Å². The van der Waals surface area contributed by atoms with Crippen LogP contribution < -0.4 is 0 Å². The van der Waals surface area contributed by atoms with Gasteiger partial charge in [0.25, 0.3) is 0 Å². The van der Waals surface area contributed by atoms with Crippen LogP contribution in [-0.2, 0) is 16.1 Å². The summed E-state index contributed by atoms with van der Waals surface area (Å²) in [5, 5.41) is 0. The summed E-state index contributed by atoms with van der Waals surface area (Å²) in [5.74, 6) is -0.309. The van der Waals surface area contributed by atoms with Crippen molar-refractivity contribution >= 4 is 17.2 Å². The molecule has 0 N–H and O–H groups in total. The Labute approximate surface area is 61.6 Å². The van der Waals surface area contributed by atoms with E-state index < -0.39 is 11.3 Å². The van der Waals surface area contributed by atoms with Gasteiger partial charge in [0.2, 0.25) is 5.91 Å². The van der Waals surface area contributed by atoms with Crippen LogP contribution in [0.3, 0.4) is 0 Å². The molecule has 0 spiro atoms. The average molecular weight is 162 g/mol. The highest BCUT2D eigenvalue weighted by atomic mass is 32.2. The predicted octanol–water partition coefficient (Wildman–Crippen LogP) is -0.351. The standard InChI is InChI=1S/C5H9NO3S/c1-6(10(8)9)5(7)4-2-3-4/h4H,2-3H2,1H3,(H,8,9)/p-1. The molecule has 0 aliphatic heterocycles. The fraction of sp³-hybridized carbons (Fsp3) is 0.800. The Hall–Kier alpha value is -0.420. The minimum atomic E-state index is -2.39. The van der Waals surface area contributed by atoms with Crippen molar-refractivity contribution in [1.82, 2.24) is 4.31 Å². The molecule has 1 fully saturated rings. The van der Waals surface area contributed by atoms with Crippen molar-refractivity contribution in [2.24, 2.45) is 5.92 Å². The third kappa shape index (κ3) is 1.54. The molecule has 4 nitrogen and oxygen atoms in total. The molecule has 1 amide bonds. The molecule has 58 valence electrons. The summed E-state index contributed by atoms with van der Waals surface area (Å²) in [7, 11) is 1.27. The number of carbonyl (C=O) groups is 1. The van der Waals surface area contributed by atoms with E-state index in [9.17, 15) is 13.6 Å². The lowest BCUT2D eigenvalue weighted by Crippen LogP contribution is -2.29. The Bertz CT molecular complexity index is 178. The number of hydrogen-bond acceptors (Lipinski definition) is 3. The largest absolute Gasteiger partial charge is 0.755 e. The number of nitrogens with zero attached hydrogens (tertiary/aromatic N) is 1. The summed E-state index contributed by atoms with van der Waals surface area (Å²) in [4.78, 5) is 10.9. The zero-order chi connectivity index (χ0) is 7.72. The highest BCUT2D eigenvalue weighted by Crippen LogP contribution is 2.30. The van der Waals surface area contributed by atoms with E-state index in [1.807, 2.05) is 0 Å². The van der Waals surface area contributed by atoms with Crippen molar-refractivity contribution in [2.45, 2.75) is 12.8 Å². The number of amides is 1. The lowest BCUT2D eigenvalue weighted by molar-refractivity contribution is -0.126. The topological polar surface area (TPSA) is 60.4 Å². The van der Waals surface area contributed by atoms with Crippen LogP contribution in [0.4, 0.5) is 0 Å². The highest BCUT2D eigenvalue weighted by molar-refractivity contribution is 7.77. The molecule has 1 atom stereocenters. The van der Waals surface area contributed by atoms with Crippen LogP contribution in [0.25, 0.3) is 0 Å². The normalized spacial score (nSPS) is 20.2. The summed E-state index contributed by atoms with van der Waals surface area (Å²) < 4.78 is 21.1. The maximum Gasteiger partial charge on any atom is 0.236 e. The molecule has 1 aliphatic carbocycles. The Morgan fingerprint density at radius 1 is 1.70 bits per heavy atom. The van der Waals surface area contributed by atoms with Gasteiger partial charge in [-0.3, -0.25) is 13.3 Å². The summed E-state index contributed by atoms with van der Waals surface area (Å²) in [5.41, 5.74) is 0. The van der Waals surface area contributed by atoms with Crippen molar-refractivity contribution in [3.8, 4) is 0 Å². The lowest BCUT2D eigenvalue weighted by Gasteiger charge is -2.18. The van der Waals surface area contributed by atoms with Crippen LogP contribution in [-0.4, -0.2) is 26.0 Å². The number of rotatable bonds is 2. The smallest absolute Gasteiger partial charge is 0.236 e. The third-order valence-electron chi connectivity index (χ3n) is 1.46. The van der Waals surface area contributed by atoms with Gasteiger partial charge in [0.05, 0.1) is 0 Å². The van der Waals surface area contributed by atoms with Crippen molar-refractivity contribution in [2.75, 3.05) is 7.05 Å². The first-order valence-corrected chi connectivity index (χ1v) is 4.03. The molecule has 0 saturated heterocycles. The molecule has 0 aromatic heterocycles. The zero-order valence-electron chi connectivity index (χ0n) is 5.57. The van der Waals surface area contributed by atoms with Gasteiger partial charge in [0.1, 0.15) is 0 Å². The molecule has 1 rings (SSSR count). The molecule has 1 aliphatic rings. The van der Waals surface area contributed by atoms with Gasteiger partial charge in [0.15, 0.2) is 0 Å². The molecule has 0 bridgehead atoms. The van der Waals surface area contributed by atoms with Gasteiger partial charge < -0.3 is 4.55 Å².